The summed E-state index contributed by atoms with van der Waals surface area (Å²) in [7, 11) is 0. The van der Waals surface area contributed by atoms with Gasteiger partial charge in [0.25, 0.3) is 0 Å². The summed E-state index contributed by atoms with van der Waals surface area (Å²) in [6, 6.07) is 6.37. The normalized spacial score (nSPS) is 19.2. The first-order valence-corrected chi connectivity index (χ1v) is 8.41. The van der Waals surface area contributed by atoms with Gasteiger partial charge in [-0.1, -0.05) is 12.1 Å². The van der Waals surface area contributed by atoms with Crippen molar-refractivity contribution < 1.29 is 4.79 Å². The second-order valence-corrected chi connectivity index (χ2v) is 6.31. The van der Waals surface area contributed by atoms with E-state index in [0.29, 0.717) is 12.2 Å². The SMILES string of the molecule is O=C(CCCN1CCNCC1)c1ccc2c(c1)CCCC2. The lowest BCUT2D eigenvalue weighted by Gasteiger charge is -2.26. The summed E-state index contributed by atoms with van der Waals surface area (Å²) in [5, 5.41) is 3.36. The van der Waals surface area contributed by atoms with Crippen LogP contribution in [0, 0.1) is 0 Å². The highest BCUT2D eigenvalue weighted by atomic mass is 16.1. The van der Waals surface area contributed by atoms with E-state index in [1.165, 1.54) is 30.4 Å². The van der Waals surface area contributed by atoms with E-state index in [2.05, 4.69) is 22.3 Å². The van der Waals surface area contributed by atoms with Crippen LogP contribution < -0.4 is 5.32 Å². The molecule has 1 aromatic carbocycles. The van der Waals surface area contributed by atoms with Crippen molar-refractivity contribution in [2.45, 2.75) is 38.5 Å². The first-order valence-electron chi connectivity index (χ1n) is 8.41. The lowest BCUT2D eigenvalue weighted by Crippen LogP contribution is -2.43. The Balaban J connectivity index is 1.50. The number of nitrogens with one attached hydrogen (secondary N) is 1. The molecule has 1 aliphatic heterocycles. The number of piperazine rings is 1. The molecular weight excluding hydrogens is 260 g/mol. The molecule has 0 bridgehead atoms. The molecule has 1 fully saturated rings. The molecule has 3 heteroatoms. The minimum Gasteiger partial charge on any atom is -0.314 e. The van der Waals surface area contributed by atoms with E-state index in [1.54, 1.807) is 0 Å². The molecule has 114 valence electrons. The first-order chi connectivity index (χ1) is 10.3. The van der Waals surface area contributed by atoms with E-state index in [4.69, 9.17) is 0 Å². The van der Waals surface area contributed by atoms with Crippen LogP contribution in [0.3, 0.4) is 0 Å². The van der Waals surface area contributed by atoms with Gasteiger partial charge in [0.05, 0.1) is 0 Å². The van der Waals surface area contributed by atoms with E-state index < -0.39 is 0 Å². The van der Waals surface area contributed by atoms with Crippen LogP contribution in [0.5, 0.6) is 0 Å². The summed E-state index contributed by atoms with van der Waals surface area (Å²) in [5.41, 5.74) is 3.80. The van der Waals surface area contributed by atoms with Gasteiger partial charge in [-0.15, -0.1) is 0 Å². The van der Waals surface area contributed by atoms with Crippen molar-refractivity contribution in [1.82, 2.24) is 10.2 Å². The highest BCUT2D eigenvalue weighted by Crippen LogP contribution is 2.22. The van der Waals surface area contributed by atoms with Crippen LogP contribution in [0.25, 0.3) is 0 Å². The Morgan fingerprint density at radius 2 is 1.86 bits per heavy atom. The second kappa shape index (κ2) is 7.19. The fourth-order valence-corrected chi connectivity index (χ4v) is 3.45. The highest BCUT2D eigenvalue weighted by molar-refractivity contribution is 5.96. The van der Waals surface area contributed by atoms with Gasteiger partial charge in [0.1, 0.15) is 0 Å². The molecule has 1 heterocycles. The zero-order chi connectivity index (χ0) is 14.5. The summed E-state index contributed by atoms with van der Waals surface area (Å²) in [6.07, 6.45) is 6.57. The molecule has 0 unspecified atom stereocenters. The lowest BCUT2D eigenvalue weighted by atomic mass is 9.89. The number of Topliss-reactive ketones (excluding diaryl/α,β-unsaturated/α-hetero) is 1. The summed E-state index contributed by atoms with van der Waals surface area (Å²) in [5.74, 6) is 0.318. The smallest absolute Gasteiger partial charge is 0.162 e. The first kappa shape index (κ1) is 14.7. The molecule has 3 rings (SSSR count). The highest BCUT2D eigenvalue weighted by Gasteiger charge is 2.14. The summed E-state index contributed by atoms with van der Waals surface area (Å²) >= 11 is 0. The number of rotatable bonds is 5. The molecule has 1 N–H and O–H groups in total. The summed E-state index contributed by atoms with van der Waals surface area (Å²) in [6.45, 7) is 5.45. The van der Waals surface area contributed by atoms with Crippen LogP contribution in [0.2, 0.25) is 0 Å². The van der Waals surface area contributed by atoms with Gasteiger partial charge in [0, 0.05) is 38.2 Å². The zero-order valence-electron chi connectivity index (χ0n) is 12.9. The average molecular weight is 286 g/mol. The molecule has 1 aromatic rings. The van der Waals surface area contributed by atoms with Crippen molar-refractivity contribution in [2.75, 3.05) is 32.7 Å². The third kappa shape index (κ3) is 3.92. The van der Waals surface area contributed by atoms with E-state index >= 15 is 0 Å². The number of carbonyl (C=O) groups excluding carboxylic acids is 1. The zero-order valence-corrected chi connectivity index (χ0v) is 12.9. The van der Waals surface area contributed by atoms with Crippen molar-refractivity contribution in [3.05, 3.63) is 34.9 Å². The van der Waals surface area contributed by atoms with Gasteiger partial charge in [-0.3, -0.25) is 4.79 Å². The van der Waals surface area contributed by atoms with E-state index in [9.17, 15) is 4.79 Å². The third-order valence-electron chi connectivity index (χ3n) is 4.76. The Labute approximate surface area is 127 Å². The van der Waals surface area contributed by atoms with Crippen LogP contribution in [0.4, 0.5) is 0 Å². The van der Waals surface area contributed by atoms with Crippen LogP contribution in [-0.4, -0.2) is 43.4 Å². The third-order valence-corrected chi connectivity index (χ3v) is 4.76. The maximum atomic E-state index is 12.3. The van der Waals surface area contributed by atoms with Gasteiger partial charge in [0.2, 0.25) is 0 Å². The maximum absolute atomic E-state index is 12.3. The Morgan fingerprint density at radius 3 is 2.67 bits per heavy atom. The summed E-state index contributed by atoms with van der Waals surface area (Å²) in [4.78, 5) is 14.8. The molecule has 21 heavy (non-hydrogen) atoms. The Bertz CT molecular complexity index is 492. The Hall–Kier alpha value is -1.19. The molecule has 0 radical (unpaired) electrons. The second-order valence-electron chi connectivity index (χ2n) is 6.31. The molecule has 1 saturated heterocycles. The molecule has 0 amide bonds. The number of carbonyl (C=O) groups is 1. The quantitative estimate of drug-likeness (QED) is 0.844. The van der Waals surface area contributed by atoms with Crippen molar-refractivity contribution in [2.24, 2.45) is 0 Å². The topological polar surface area (TPSA) is 32.3 Å². The van der Waals surface area contributed by atoms with Gasteiger partial charge in [-0.05, 0) is 55.8 Å². The molecule has 1 aliphatic carbocycles. The fraction of sp³-hybridized carbons (Fsp3) is 0.611. The molecule has 0 spiro atoms. The van der Waals surface area contributed by atoms with Crippen LogP contribution in [-0.2, 0) is 12.8 Å². The maximum Gasteiger partial charge on any atom is 0.162 e. The van der Waals surface area contributed by atoms with Crippen LogP contribution in [0.1, 0.15) is 47.2 Å². The summed E-state index contributed by atoms with van der Waals surface area (Å²) < 4.78 is 0. The van der Waals surface area contributed by atoms with Gasteiger partial charge in [0.15, 0.2) is 5.78 Å². The predicted molar refractivity (Wildman–Crippen MR) is 86.0 cm³/mol. The molecule has 2 aliphatic rings. The Morgan fingerprint density at radius 1 is 1.10 bits per heavy atom. The number of hydrogen-bond donors (Lipinski definition) is 1. The number of ketones is 1. The molecule has 0 aromatic heterocycles. The lowest BCUT2D eigenvalue weighted by molar-refractivity contribution is 0.0973. The van der Waals surface area contributed by atoms with Gasteiger partial charge < -0.3 is 10.2 Å². The van der Waals surface area contributed by atoms with Gasteiger partial charge in [-0.25, -0.2) is 0 Å². The van der Waals surface area contributed by atoms with E-state index in [-0.39, 0.29) is 0 Å². The molecular formula is C18H26N2O. The predicted octanol–water partition coefficient (Wildman–Crippen LogP) is 2.43. The molecule has 0 atom stereocenters. The number of fused-ring (bicyclic) bond motifs is 1. The van der Waals surface area contributed by atoms with E-state index in [1.807, 2.05) is 6.07 Å². The average Bonchev–Trinajstić information content (AvgIpc) is 2.55. The number of benzene rings is 1. The van der Waals surface area contributed by atoms with Crippen molar-refractivity contribution in [1.29, 1.82) is 0 Å². The van der Waals surface area contributed by atoms with Crippen molar-refractivity contribution >= 4 is 5.78 Å². The molecule has 3 nitrogen and oxygen atoms in total. The van der Waals surface area contributed by atoms with Crippen LogP contribution in [0.15, 0.2) is 18.2 Å². The minimum atomic E-state index is 0.318. The van der Waals surface area contributed by atoms with Crippen molar-refractivity contribution in [3.8, 4) is 0 Å². The van der Waals surface area contributed by atoms with E-state index in [0.717, 1.165) is 51.1 Å². The minimum absolute atomic E-state index is 0.318. The number of hydrogen-bond acceptors (Lipinski definition) is 3. The number of nitrogens with zero attached hydrogens (tertiary/aromatic N) is 1. The fourth-order valence-electron chi connectivity index (χ4n) is 3.45. The van der Waals surface area contributed by atoms with Crippen molar-refractivity contribution in [3.63, 3.8) is 0 Å². The standard InChI is InChI=1S/C18H26N2O/c21-18(6-3-11-20-12-9-19-10-13-20)17-8-7-15-4-1-2-5-16(15)14-17/h7-8,14,19H,1-6,9-13H2. The largest absolute Gasteiger partial charge is 0.314 e. The Kier molecular flexibility index (Phi) is 5.04. The van der Waals surface area contributed by atoms with Crippen LogP contribution >= 0.6 is 0 Å². The number of aryl methyl sites for hydroxylation is 2. The van der Waals surface area contributed by atoms with Gasteiger partial charge >= 0.3 is 0 Å². The molecule has 0 saturated carbocycles. The monoisotopic (exact) mass is 286 g/mol. The van der Waals surface area contributed by atoms with Gasteiger partial charge in [-0.2, -0.15) is 0 Å².